The van der Waals surface area contributed by atoms with Gasteiger partial charge in [-0.05, 0) is 17.5 Å². The Morgan fingerprint density at radius 1 is 1.06 bits per heavy atom. The van der Waals surface area contributed by atoms with E-state index >= 15 is 0 Å². The summed E-state index contributed by atoms with van der Waals surface area (Å²) < 4.78 is 18.6. The molecule has 3 nitrogen and oxygen atoms in total. The average Bonchev–Trinajstić information content (AvgIpc) is 2.77. The Balaban J connectivity index is 2.34. The van der Waals surface area contributed by atoms with Gasteiger partial charge in [-0.2, -0.15) is 4.98 Å². The summed E-state index contributed by atoms with van der Waals surface area (Å²) in [5.74, 6) is -0.249. The van der Waals surface area contributed by atoms with E-state index in [1.54, 1.807) is 18.2 Å². The van der Waals surface area contributed by atoms with Crippen LogP contribution in [-0.2, 0) is 0 Å². The van der Waals surface area contributed by atoms with Crippen LogP contribution in [0.3, 0.4) is 0 Å². The Labute approximate surface area is 96.7 Å². The molecule has 0 unspecified atom stereocenters. The van der Waals surface area contributed by atoms with E-state index in [4.69, 9.17) is 10.2 Å². The van der Waals surface area contributed by atoms with Crippen molar-refractivity contribution in [3.63, 3.8) is 0 Å². The van der Waals surface area contributed by atoms with Crippen LogP contribution in [0, 0.1) is 5.82 Å². The lowest BCUT2D eigenvalue weighted by molar-refractivity contribution is 0.581. The number of nitrogens with two attached hydrogens (primary N) is 1. The van der Waals surface area contributed by atoms with Crippen LogP contribution in [0.15, 0.2) is 47.1 Å². The zero-order valence-electron chi connectivity index (χ0n) is 8.85. The number of hydrogen-bond acceptors (Lipinski definition) is 3. The number of anilines is 1. The second kappa shape index (κ2) is 3.59. The van der Waals surface area contributed by atoms with Crippen LogP contribution in [-0.4, -0.2) is 4.98 Å². The van der Waals surface area contributed by atoms with Crippen LogP contribution < -0.4 is 5.73 Å². The molecule has 1 heterocycles. The molecule has 0 atom stereocenters. The highest BCUT2D eigenvalue weighted by Crippen LogP contribution is 2.29. The molecule has 0 saturated carbocycles. The second-order valence-corrected chi connectivity index (χ2v) is 3.71. The predicted molar refractivity (Wildman–Crippen MR) is 63.8 cm³/mol. The molecule has 1 aromatic heterocycles. The quantitative estimate of drug-likeness (QED) is 0.695. The standard InChI is InChI=1S/C13H9FN2O/c14-11-6-5-10(12-7-17-13(15)16-12)8-3-1-2-4-9(8)11/h1-7H,(H2,15,16). The summed E-state index contributed by atoms with van der Waals surface area (Å²) in [7, 11) is 0. The van der Waals surface area contributed by atoms with Crippen LogP contribution in [0.1, 0.15) is 0 Å². The fraction of sp³-hybridized carbons (Fsp3) is 0. The molecule has 4 heteroatoms. The zero-order chi connectivity index (χ0) is 11.8. The number of rotatable bonds is 1. The Morgan fingerprint density at radius 2 is 1.82 bits per heavy atom. The zero-order valence-corrected chi connectivity index (χ0v) is 8.85. The Bertz CT molecular complexity index is 691. The van der Waals surface area contributed by atoms with Crippen LogP contribution in [0.5, 0.6) is 0 Å². The number of fused-ring (bicyclic) bond motifs is 1. The van der Waals surface area contributed by atoms with Gasteiger partial charge in [0.15, 0.2) is 0 Å². The highest BCUT2D eigenvalue weighted by Gasteiger charge is 2.10. The third kappa shape index (κ3) is 1.54. The van der Waals surface area contributed by atoms with Crippen LogP contribution in [0.25, 0.3) is 22.0 Å². The smallest absolute Gasteiger partial charge is 0.292 e. The molecule has 0 radical (unpaired) electrons. The lowest BCUT2D eigenvalue weighted by atomic mass is 10.0. The van der Waals surface area contributed by atoms with Crippen molar-refractivity contribution in [1.29, 1.82) is 0 Å². The van der Waals surface area contributed by atoms with Crippen molar-refractivity contribution in [1.82, 2.24) is 4.98 Å². The van der Waals surface area contributed by atoms with Crippen molar-refractivity contribution < 1.29 is 8.81 Å². The first-order valence-electron chi connectivity index (χ1n) is 5.14. The Hall–Kier alpha value is -2.36. The van der Waals surface area contributed by atoms with E-state index < -0.39 is 0 Å². The van der Waals surface area contributed by atoms with Gasteiger partial charge in [0, 0.05) is 10.9 Å². The first kappa shape index (κ1) is 9.84. The number of nitrogen functional groups attached to an aromatic ring is 1. The number of hydrogen-bond donors (Lipinski definition) is 1. The monoisotopic (exact) mass is 228 g/mol. The molecule has 0 aliphatic rings. The molecule has 3 aromatic rings. The lowest BCUT2D eigenvalue weighted by Crippen LogP contribution is -1.86. The number of halogens is 1. The summed E-state index contributed by atoms with van der Waals surface area (Å²) >= 11 is 0. The van der Waals surface area contributed by atoms with Crippen LogP contribution in [0.4, 0.5) is 10.4 Å². The number of benzene rings is 2. The van der Waals surface area contributed by atoms with E-state index in [0.717, 1.165) is 10.9 Å². The van der Waals surface area contributed by atoms with Gasteiger partial charge in [-0.3, -0.25) is 0 Å². The average molecular weight is 228 g/mol. The minimum Gasteiger partial charge on any atom is -0.432 e. The normalized spacial score (nSPS) is 10.9. The molecule has 0 spiro atoms. The fourth-order valence-electron chi connectivity index (χ4n) is 1.90. The summed E-state index contributed by atoms with van der Waals surface area (Å²) in [6, 6.07) is 10.4. The molecule has 17 heavy (non-hydrogen) atoms. The van der Waals surface area contributed by atoms with Crippen molar-refractivity contribution in [3.8, 4) is 11.3 Å². The molecular formula is C13H9FN2O. The van der Waals surface area contributed by atoms with E-state index in [2.05, 4.69) is 4.98 Å². The molecule has 3 rings (SSSR count). The number of oxazole rings is 1. The minimum atomic E-state index is -0.249. The molecule has 0 aliphatic heterocycles. The van der Waals surface area contributed by atoms with Crippen molar-refractivity contribution >= 4 is 16.8 Å². The lowest BCUT2D eigenvalue weighted by Gasteiger charge is -2.04. The summed E-state index contributed by atoms with van der Waals surface area (Å²) in [5.41, 5.74) is 6.86. The van der Waals surface area contributed by atoms with Gasteiger partial charge < -0.3 is 10.2 Å². The van der Waals surface area contributed by atoms with Crippen molar-refractivity contribution in [2.45, 2.75) is 0 Å². The van der Waals surface area contributed by atoms with Gasteiger partial charge in [-0.15, -0.1) is 0 Å². The van der Waals surface area contributed by atoms with Gasteiger partial charge in [0.2, 0.25) is 0 Å². The summed E-state index contributed by atoms with van der Waals surface area (Å²) in [6.07, 6.45) is 1.47. The van der Waals surface area contributed by atoms with Gasteiger partial charge >= 0.3 is 0 Å². The minimum absolute atomic E-state index is 0.105. The van der Waals surface area contributed by atoms with Gasteiger partial charge in [0.1, 0.15) is 17.8 Å². The van der Waals surface area contributed by atoms with Gasteiger partial charge in [-0.1, -0.05) is 24.3 Å². The van der Waals surface area contributed by atoms with E-state index in [0.29, 0.717) is 11.1 Å². The molecule has 0 amide bonds. The van der Waals surface area contributed by atoms with Gasteiger partial charge in [0.25, 0.3) is 6.01 Å². The second-order valence-electron chi connectivity index (χ2n) is 3.71. The SMILES string of the molecule is Nc1nc(-c2ccc(F)c3ccccc23)co1. The summed E-state index contributed by atoms with van der Waals surface area (Å²) in [6.45, 7) is 0. The molecule has 0 saturated heterocycles. The highest BCUT2D eigenvalue weighted by molar-refractivity contribution is 5.96. The fourth-order valence-corrected chi connectivity index (χ4v) is 1.90. The van der Waals surface area contributed by atoms with Crippen molar-refractivity contribution in [2.75, 3.05) is 5.73 Å². The number of aromatic nitrogens is 1. The molecular weight excluding hydrogens is 219 g/mol. The maximum atomic E-state index is 13.6. The third-order valence-electron chi connectivity index (χ3n) is 2.67. The van der Waals surface area contributed by atoms with E-state index in [1.165, 1.54) is 12.3 Å². The predicted octanol–water partition coefficient (Wildman–Crippen LogP) is 3.22. The van der Waals surface area contributed by atoms with Gasteiger partial charge in [0.05, 0.1) is 0 Å². The summed E-state index contributed by atoms with van der Waals surface area (Å²) in [4.78, 5) is 4.05. The van der Waals surface area contributed by atoms with Crippen LogP contribution >= 0.6 is 0 Å². The first-order valence-corrected chi connectivity index (χ1v) is 5.14. The molecule has 2 N–H and O–H groups in total. The van der Waals surface area contributed by atoms with Gasteiger partial charge in [-0.25, -0.2) is 4.39 Å². The first-order chi connectivity index (χ1) is 8.25. The third-order valence-corrected chi connectivity index (χ3v) is 2.67. The maximum absolute atomic E-state index is 13.6. The molecule has 0 aliphatic carbocycles. The topological polar surface area (TPSA) is 52.0 Å². The maximum Gasteiger partial charge on any atom is 0.292 e. The highest BCUT2D eigenvalue weighted by atomic mass is 19.1. The number of nitrogens with zero attached hydrogens (tertiary/aromatic N) is 1. The molecule has 84 valence electrons. The van der Waals surface area contributed by atoms with E-state index in [1.807, 2.05) is 12.1 Å². The Morgan fingerprint density at radius 3 is 2.53 bits per heavy atom. The molecule has 0 bridgehead atoms. The van der Waals surface area contributed by atoms with Crippen molar-refractivity contribution in [3.05, 3.63) is 48.5 Å². The van der Waals surface area contributed by atoms with E-state index in [-0.39, 0.29) is 11.8 Å². The van der Waals surface area contributed by atoms with Crippen LogP contribution in [0.2, 0.25) is 0 Å². The molecule has 2 aromatic carbocycles. The van der Waals surface area contributed by atoms with E-state index in [9.17, 15) is 4.39 Å². The summed E-state index contributed by atoms with van der Waals surface area (Å²) in [5, 5.41) is 1.35. The molecule has 0 fully saturated rings. The largest absolute Gasteiger partial charge is 0.432 e. The Kier molecular flexibility index (Phi) is 2.08. The van der Waals surface area contributed by atoms with Crippen molar-refractivity contribution in [2.24, 2.45) is 0 Å².